The first kappa shape index (κ1) is 21.5. The number of hydrogen-bond acceptors (Lipinski definition) is 7. The van der Waals surface area contributed by atoms with Crippen LogP contribution in [0.2, 0.25) is 0 Å². The summed E-state index contributed by atoms with van der Waals surface area (Å²) in [5, 5.41) is 22.8. The Balaban J connectivity index is 1.64. The zero-order valence-corrected chi connectivity index (χ0v) is 18.2. The van der Waals surface area contributed by atoms with E-state index in [2.05, 4.69) is 16.2 Å². The summed E-state index contributed by atoms with van der Waals surface area (Å²) in [7, 11) is 1.83. The number of carboxylic acid groups (broad SMARTS) is 1. The molecule has 0 aliphatic heterocycles. The average molecular weight is 432 g/mol. The van der Waals surface area contributed by atoms with E-state index in [1.165, 1.54) is 0 Å². The lowest BCUT2D eigenvalue weighted by Crippen LogP contribution is -2.28. The number of carbonyl (C=O) groups is 1. The lowest BCUT2D eigenvalue weighted by molar-refractivity contribution is -0.138. The molecular weight excluding hydrogens is 408 g/mol. The normalized spacial score (nSPS) is 15.1. The molecule has 8 heteroatoms. The number of fused-ring (bicyclic) bond motifs is 1. The second-order valence-corrected chi connectivity index (χ2v) is 8.15. The van der Waals surface area contributed by atoms with Gasteiger partial charge in [-0.2, -0.15) is 10.2 Å². The summed E-state index contributed by atoms with van der Waals surface area (Å²) < 4.78 is 11.2. The zero-order chi connectivity index (χ0) is 22.8. The number of likely N-dealkylation sites (N-methyl/N-ethyl adjacent to an activating group) is 1. The minimum atomic E-state index is -0.846. The number of nitriles is 1. The molecule has 1 aromatic heterocycles. The zero-order valence-electron chi connectivity index (χ0n) is 18.2. The number of benzene rings is 2. The van der Waals surface area contributed by atoms with Gasteiger partial charge in [0.05, 0.1) is 18.2 Å². The number of ether oxygens (including phenoxy) is 1. The Kier molecular flexibility index (Phi) is 5.93. The molecule has 1 aliphatic rings. The van der Waals surface area contributed by atoms with E-state index in [4.69, 9.17) is 14.4 Å². The number of carboxylic acids is 1. The molecule has 0 spiro atoms. The summed E-state index contributed by atoms with van der Waals surface area (Å²) in [5.41, 5.74) is 4.13. The van der Waals surface area contributed by atoms with Crippen molar-refractivity contribution in [2.45, 2.75) is 38.8 Å². The Morgan fingerprint density at radius 3 is 2.91 bits per heavy atom. The molecule has 164 valence electrons. The minimum absolute atomic E-state index is 0.0154. The van der Waals surface area contributed by atoms with Crippen molar-refractivity contribution in [3.63, 3.8) is 0 Å². The predicted octanol–water partition coefficient (Wildman–Crippen LogP) is 4.07. The molecule has 2 aromatic carbocycles. The van der Waals surface area contributed by atoms with Crippen LogP contribution in [0.4, 0.5) is 0 Å². The van der Waals surface area contributed by atoms with Gasteiger partial charge in [-0.1, -0.05) is 23.4 Å². The van der Waals surface area contributed by atoms with E-state index < -0.39 is 5.97 Å². The monoisotopic (exact) mass is 432 g/mol. The van der Waals surface area contributed by atoms with Crippen molar-refractivity contribution in [1.29, 1.82) is 5.26 Å². The first-order chi connectivity index (χ1) is 15.4. The molecule has 3 aromatic rings. The SMILES string of the molecule is CC(C)Oc1ccc(-c2nc(-c3cccc4c3CC[C@@H]4N(C)CC(=O)O)no2)cc1C#N. The predicted molar refractivity (Wildman–Crippen MR) is 117 cm³/mol. The van der Waals surface area contributed by atoms with Gasteiger partial charge in [0.25, 0.3) is 5.89 Å². The summed E-state index contributed by atoms with van der Waals surface area (Å²) in [4.78, 5) is 17.5. The van der Waals surface area contributed by atoms with Crippen LogP contribution in [-0.2, 0) is 11.2 Å². The van der Waals surface area contributed by atoms with Crippen LogP contribution in [0.15, 0.2) is 40.9 Å². The van der Waals surface area contributed by atoms with Gasteiger partial charge in [-0.15, -0.1) is 0 Å². The summed E-state index contributed by atoms with van der Waals surface area (Å²) in [6.07, 6.45) is 1.61. The lowest BCUT2D eigenvalue weighted by atomic mass is 10.0. The quantitative estimate of drug-likeness (QED) is 0.595. The van der Waals surface area contributed by atoms with Gasteiger partial charge in [0, 0.05) is 17.2 Å². The molecule has 1 heterocycles. The van der Waals surface area contributed by atoms with Crippen molar-refractivity contribution < 1.29 is 19.2 Å². The molecule has 0 amide bonds. The van der Waals surface area contributed by atoms with E-state index in [1.807, 2.05) is 44.0 Å². The first-order valence-electron chi connectivity index (χ1n) is 10.5. The highest BCUT2D eigenvalue weighted by Crippen LogP contribution is 2.40. The Hall–Kier alpha value is -3.70. The third-order valence-corrected chi connectivity index (χ3v) is 5.53. The topological polar surface area (TPSA) is 112 Å². The van der Waals surface area contributed by atoms with Crippen molar-refractivity contribution in [2.75, 3.05) is 13.6 Å². The van der Waals surface area contributed by atoms with Gasteiger partial charge >= 0.3 is 5.97 Å². The Morgan fingerprint density at radius 1 is 1.38 bits per heavy atom. The fraction of sp³-hybridized carbons (Fsp3) is 0.333. The maximum atomic E-state index is 11.1. The molecule has 32 heavy (non-hydrogen) atoms. The molecule has 0 unspecified atom stereocenters. The molecule has 0 saturated heterocycles. The maximum absolute atomic E-state index is 11.1. The summed E-state index contributed by atoms with van der Waals surface area (Å²) in [6.45, 7) is 3.79. The van der Waals surface area contributed by atoms with Crippen LogP contribution >= 0.6 is 0 Å². The van der Waals surface area contributed by atoms with E-state index in [1.54, 1.807) is 18.2 Å². The number of aliphatic carboxylic acids is 1. The maximum Gasteiger partial charge on any atom is 0.317 e. The second kappa shape index (κ2) is 8.81. The smallest absolute Gasteiger partial charge is 0.317 e. The standard InChI is InChI=1S/C24H24N4O4/c1-14(2)31-21-10-7-15(11-16(21)12-25)24-26-23(27-32-24)19-6-4-5-18-17(19)8-9-20(18)28(3)13-22(29)30/h4-7,10-11,14,20H,8-9,13H2,1-3H3,(H,29,30)/t20-/m0/s1. The van der Waals surface area contributed by atoms with Gasteiger partial charge in [0.15, 0.2) is 0 Å². The number of rotatable bonds is 7. The molecule has 1 aliphatic carbocycles. The van der Waals surface area contributed by atoms with Crippen molar-refractivity contribution in [2.24, 2.45) is 0 Å². The molecule has 0 fully saturated rings. The van der Waals surface area contributed by atoms with Gasteiger partial charge < -0.3 is 14.4 Å². The molecule has 0 bridgehead atoms. The molecule has 0 saturated carbocycles. The first-order valence-corrected chi connectivity index (χ1v) is 10.5. The lowest BCUT2D eigenvalue weighted by Gasteiger charge is -2.23. The van der Waals surface area contributed by atoms with Gasteiger partial charge in [0.2, 0.25) is 5.82 Å². The van der Waals surface area contributed by atoms with Crippen LogP contribution in [0.25, 0.3) is 22.8 Å². The summed E-state index contributed by atoms with van der Waals surface area (Å²) in [6, 6.07) is 13.3. The largest absolute Gasteiger partial charge is 0.490 e. The molecular formula is C24H24N4O4. The van der Waals surface area contributed by atoms with Crippen molar-refractivity contribution >= 4 is 5.97 Å². The van der Waals surface area contributed by atoms with Gasteiger partial charge in [-0.3, -0.25) is 9.69 Å². The van der Waals surface area contributed by atoms with Gasteiger partial charge in [-0.05, 0) is 63.1 Å². The Morgan fingerprint density at radius 2 is 2.19 bits per heavy atom. The molecule has 8 nitrogen and oxygen atoms in total. The van der Waals surface area contributed by atoms with Crippen molar-refractivity contribution in [3.8, 4) is 34.7 Å². The van der Waals surface area contributed by atoms with E-state index in [0.717, 1.165) is 29.5 Å². The van der Waals surface area contributed by atoms with Crippen molar-refractivity contribution in [1.82, 2.24) is 15.0 Å². The van der Waals surface area contributed by atoms with E-state index in [9.17, 15) is 10.1 Å². The summed E-state index contributed by atoms with van der Waals surface area (Å²) in [5.74, 6) is 0.465. The molecule has 1 atom stereocenters. The van der Waals surface area contributed by atoms with Crippen LogP contribution < -0.4 is 4.74 Å². The third kappa shape index (κ3) is 4.20. The highest BCUT2D eigenvalue weighted by atomic mass is 16.5. The molecule has 1 N–H and O–H groups in total. The second-order valence-electron chi connectivity index (χ2n) is 8.15. The highest BCUT2D eigenvalue weighted by molar-refractivity contribution is 5.70. The van der Waals surface area contributed by atoms with Crippen LogP contribution in [-0.4, -0.2) is 45.8 Å². The van der Waals surface area contributed by atoms with Gasteiger partial charge in [-0.25, -0.2) is 0 Å². The van der Waals surface area contributed by atoms with Crippen LogP contribution in [0.1, 0.15) is 43.0 Å². The van der Waals surface area contributed by atoms with Crippen LogP contribution in [0.5, 0.6) is 5.75 Å². The fourth-order valence-electron chi connectivity index (χ4n) is 4.18. The van der Waals surface area contributed by atoms with Crippen molar-refractivity contribution in [3.05, 3.63) is 53.1 Å². The van der Waals surface area contributed by atoms with Crippen LogP contribution in [0, 0.1) is 11.3 Å². The fourth-order valence-corrected chi connectivity index (χ4v) is 4.18. The Labute approximate surface area is 186 Å². The average Bonchev–Trinajstić information content (AvgIpc) is 3.40. The number of aromatic nitrogens is 2. The van der Waals surface area contributed by atoms with Gasteiger partial charge in [0.1, 0.15) is 11.8 Å². The highest BCUT2D eigenvalue weighted by Gasteiger charge is 2.29. The number of hydrogen-bond donors (Lipinski definition) is 1. The Bertz CT molecular complexity index is 1190. The summed E-state index contributed by atoms with van der Waals surface area (Å²) >= 11 is 0. The van der Waals surface area contributed by atoms with Crippen LogP contribution in [0.3, 0.4) is 0 Å². The number of nitrogens with zero attached hydrogens (tertiary/aromatic N) is 4. The van der Waals surface area contributed by atoms with E-state index in [-0.39, 0.29) is 18.7 Å². The minimum Gasteiger partial charge on any atom is -0.490 e. The van der Waals surface area contributed by atoms with E-state index >= 15 is 0 Å². The van der Waals surface area contributed by atoms with E-state index in [0.29, 0.717) is 28.6 Å². The molecule has 0 radical (unpaired) electrons. The third-order valence-electron chi connectivity index (χ3n) is 5.53. The molecule has 4 rings (SSSR count).